The predicted molar refractivity (Wildman–Crippen MR) is 80.9 cm³/mol. The highest BCUT2D eigenvalue weighted by Crippen LogP contribution is 2.25. The Morgan fingerprint density at radius 2 is 2.13 bits per heavy atom. The maximum absolute atomic E-state index is 13.0. The van der Waals surface area contributed by atoms with Crippen molar-refractivity contribution in [3.05, 3.63) is 47.4 Å². The van der Waals surface area contributed by atoms with E-state index in [4.69, 9.17) is 0 Å². The van der Waals surface area contributed by atoms with Crippen molar-refractivity contribution < 1.29 is 8.78 Å². The Labute approximate surface area is 130 Å². The summed E-state index contributed by atoms with van der Waals surface area (Å²) in [7, 11) is 0. The normalized spacial score (nSPS) is 14.2. The first-order valence-electron chi connectivity index (χ1n) is 7.29. The van der Waals surface area contributed by atoms with Gasteiger partial charge in [-0.05, 0) is 36.2 Å². The second-order valence-electron chi connectivity index (χ2n) is 5.37. The molecule has 1 aliphatic heterocycles. The fraction of sp³-hybridized carbons (Fsp3) is 0.267. The third-order valence-electron chi connectivity index (χ3n) is 3.86. The van der Waals surface area contributed by atoms with E-state index in [1.54, 1.807) is 0 Å². The fourth-order valence-corrected chi connectivity index (χ4v) is 2.74. The Morgan fingerprint density at radius 1 is 1.22 bits per heavy atom. The summed E-state index contributed by atoms with van der Waals surface area (Å²) in [6, 6.07) is 7.32. The molecule has 3 aromatic rings. The molecule has 0 saturated carbocycles. The maximum atomic E-state index is 13.0. The third kappa shape index (κ3) is 2.61. The molecule has 6 nitrogen and oxygen atoms in total. The van der Waals surface area contributed by atoms with Crippen LogP contribution in [0.25, 0.3) is 5.78 Å². The van der Waals surface area contributed by atoms with Crippen LogP contribution in [0.2, 0.25) is 0 Å². The Bertz CT molecular complexity index is 860. The van der Waals surface area contributed by atoms with Gasteiger partial charge in [0.25, 0.3) is 12.2 Å². The van der Waals surface area contributed by atoms with Gasteiger partial charge in [0.15, 0.2) is 0 Å². The van der Waals surface area contributed by atoms with Crippen LogP contribution in [-0.2, 0) is 13.0 Å². The van der Waals surface area contributed by atoms with Crippen LogP contribution in [0, 0.1) is 0 Å². The van der Waals surface area contributed by atoms with Gasteiger partial charge in [-0.1, -0.05) is 6.07 Å². The molecule has 0 saturated heterocycles. The molecule has 2 aromatic heterocycles. The first-order valence-corrected chi connectivity index (χ1v) is 7.29. The van der Waals surface area contributed by atoms with Crippen molar-refractivity contribution in [3.63, 3.8) is 0 Å². The molecule has 2 N–H and O–H groups in total. The summed E-state index contributed by atoms with van der Waals surface area (Å²) in [6.07, 6.45) is -0.377. The number of fused-ring (bicyclic) bond motifs is 2. The number of rotatable bonds is 3. The first kappa shape index (κ1) is 14.0. The van der Waals surface area contributed by atoms with Crippen LogP contribution in [0.4, 0.5) is 20.3 Å². The highest BCUT2D eigenvalue weighted by atomic mass is 19.3. The largest absolute Gasteiger partial charge is 0.340 e. The zero-order valence-electron chi connectivity index (χ0n) is 12.1. The molecular weight excluding hydrogens is 302 g/mol. The summed E-state index contributed by atoms with van der Waals surface area (Å²) in [5, 5.41) is 10.5. The summed E-state index contributed by atoms with van der Waals surface area (Å²) >= 11 is 0. The molecule has 0 amide bonds. The third-order valence-corrected chi connectivity index (χ3v) is 3.86. The Kier molecular flexibility index (Phi) is 3.38. The van der Waals surface area contributed by atoms with Gasteiger partial charge in [-0.2, -0.15) is 14.6 Å². The molecule has 23 heavy (non-hydrogen) atoms. The molecule has 0 aliphatic carbocycles. The first-order chi connectivity index (χ1) is 11.2. The zero-order chi connectivity index (χ0) is 15.8. The van der Waals surface area contributed by atoms with Crippen LogP contribution < -0.4 is 10.6 Å². The van der Waals surface area contributed by atoms with Crippen molar-refractivity contribution in [1.82, 2.24) is 24.9 Å². The van der Waals surface area contributed by atoms with E-state index in [9.17, 15) is 8.78 Å². The predicted octanol–water partition coefficient (Wildman–Crippen LogP) is 2.45. The van der Waals surface area contributed by atoms with Gasteiger partial charge in [-0.3, -0.25) is 0 Å². The molecule has 8 heteroatoms. The molecule has 3 heterocycles. The van der Waals surface area contributed by atoms with E-state index >= 15 is 0 Å². The van der Waals surface area contributed by atoms with Crippen molar-refractivity contribution in [3.8, 4) is 0 Å². The molecule has 1 aromatic carbocycles. The van der Waals surface area contributed by atoms with E-state index in [1.165, 1.54) is 28.0 Å². The van der Waals surface area contributed by atoms with Gasteiger partial charge >= 0.3 is 0 Å². The fourth-order valence-electron chi connectivity index (χ4n) is 2.74. The van der Waals surface area contributed by atoms with Crippen molar-refractivity contribution in [2.24, 2.45) is 0 Å². The van der Waals surface area contributed by atoms with Gasteiger partial charge in [0.2, 0.25) is 0 Å². The van der Waals surface area contributed by atoms with Crippen LogP contribution in [-0.4, -0.2) is 26.1 Å². The lowest BCUT2D eigenvalue weighted by atomic mass is 10.0. The standard InChI is InChI=1S/C15H14F2N6/c16-14(17)12-6-13(23-15(22-12)19-8-20-23)21-11-2-1-9-3-4-18-7-10(9)5-11/h1-2,5-6,8,14,18,21H,3-4,7H2. The van der Waals surface area contributed by atoms with Crippen LogP contribution in [0.5, 0.6) is 0 Å². The Hall–Kier alpha value is -2.61. The highest BCUT2D eigenvalue weighted by molar-refractivity contribution is 5.60. The average molecular weight is 316 g/mol. The molecule has 4 rings (SSSR count). The lowest BCUT2D eigenvalue weighted by Crippen LogP contribution is -2.23. The van der Waals surface area contributed by atoms with E-state index in [-0.39, 0.29) is 11.5 Å². The van der Waals surface area contributed by atoms with E-state index in [0.717, 1.165) is 25.2 Å². The van der Waals surface area contributed by atoms with Crippen molar-refractivity contribution in [2.45, 2.75) is 19.4 Å². The van der Waals surface area contributed by atoms with Crippen molar-refractivity contribution in [1.29, 1.82) is 0 Å². The Balaban J connectivity index is 1.73. The lowest BCUT2D eigenvalue weighted by molar-refractivity contribution is 0.146. The molecule has 0 atom stereocenters. The van der Waals surface area contributed by atoms with Gasteiger partial charge in [-0.15, -0.1) is 0 Å². The van der Waals surface area contributed by atoms with Crippen LogP contribution in [0.1, 0.15) is 23.2 Å². The number of hydrogen-bond acceptors (Lipinski definition) is 5. The van der Waals surface area contributed by atoms with Gasteiger partial charge < -0.3 is 10.6 Å². The number of alkyl halides is 2. The number of halogens is 2. The number of nitrogens with zero attached hydrogens (tertiary/aromatic N) is 4. The van der Waals surface area contributed by atoms with Crippen LogP contribution in [0.3, 0.4) is 0 Å². The van der Waals surface area contributed by atoms with Gasteiger partial charge in [0.05, 0.1) is 0 Å². The zero-order valence-corrected chi connectivity index (χ0v) is 12.1. The molecule has 0 spiro atoms. The number of benzene rings is 1. The minimum absolute atomic E-state index is 0.143. The van der Waals surface area contributed by atoms with Gasteiger partial charge in [0, 0.05) is 18.3 Å². The molecule has 0 radical (unpaired) electrons. The SMILES string of the molecule is FC(F)c1cc(Nc2ccc3c(c2)CNCC3)n2ncnc2n1. The van der Waals surface area contributed by atoms with E-state index in [0.29, 0.717) is 5.82 Å². The second-order valence-corrected chi connectivity index (χ2v) is 5.37. The number of nitrogens with one attached hydrogen (secondary N) is 2. The highest BCUT2D eigenvalue weighted by Gasteiger charge is 2.15. The second kappa shape index (κ2) is 5.54. The van der Waals surface area contributed by atoms with Crippen molar-refractivity contribution >= 4 is 17.3 Å². The quantitative estimate of drug-likeness (QED) is 0.777. The minimum Gasteiger partial charge on any atom is -0.340 e. The summed E-state index contributed by atoms with van der Waals surface area (Å²) < 4.78 is 27.4. The number of aromatic nitrogens is 4. The smallest absolute Gasteiger partial charge is 0.280 e. The molecule has 0 unspecified atom stereocenters. The topological polar surface area (TPSA) is 67.1 Å². The summed E-state index contributed by atoms with van der Waals surface area (Å²) in [5.41, 5.74) is 3.01. The lowest BCUT2D eigenvalue weighted by Gasteiger charge is -2.18. The summed E-state index contributed by atoms with van der Waals surface area (Å²) in [6.45, 7) is 1.78. The van der Waals surface area contributed by atoms with E-state index < -0.39 is 6.43 Å². The Morgan fingerprint density at radius 3 is 3.00 bits per heavy atom. The van der Waals surface area contributed by atoms with Gasteiger partial charge in [-0.25, -0.2) is 13.8 Å². The average Bonchev–Trinajstić information content (AvgIpc) is 3.03. The van der Waals surface area contributed by atoms with Crippen LogP contribution in [0.15, 0.2) is 30.6 Å². The minimum atomic E-state index is -2.66. The van der Waals surface area contributed by atoms with Crippen molar-refractivity contribution in [2.75, 3.05) is 11.9 Å². The summed E-state index contributed by atoms with van der Waals surface area (Å²) in [5.74, 6) is 0.552. The number of anilines is 2. The van der Waals surface area contributed by atoms with Gasteiger partial charge in [0.1, 0.15) is 17.8 Å². The van der Waals surface area contributed by atoms with E-state index in [1.807, 2.05) is 12.1 Å². The maximum Gasteiger partial charge on any atom is 0.280 e. The molecule has 118 valence electrons. The molecule has 1 aliphatic rings. The van der Waals surface area contributed by atoms with Crippen LogP contribution >= 0.6 is 0 Å². The summed E-state index contributed by atoms with van der Waals surface area (Å²) in [4.78, 5) is 7.69. The molecule has 0 fully saturated rings. The monoisotopic (exact) mass is 316 g/mol. The molecule has 0 bridgehead atoms. The molecular formula is C15H14F2N6. The van der Waals surface area contributed by atoms with E-state index in [2.05, 4.69) is 31.8 Å². The number of hydrogen-bond donors (Lipinski definition) is 2.